The number of aryl methyl sites for hydroxylation is 2. The number of rotatable bonds is 2. The van der Waals surface area contributed by atoms with Gasteiger partial charge in [0.1, 0.15) is 0 Å². The van der Waals surface area contributed by atoms with Crippen molar-refractivity contribution in [1.82, 2.24) is 9.97 Å². The summed E-state index contributed by atoms with van der Waals surface area (Å²) in [5.74, 6) is 0.862. The number of fused-ring (bicyclic) bond motifs is 2. The Labute approximate surface area is 153 Å². The summed E-state index contributed by atoms with van der Waals surface area (Å²) in [4.78, 5) is 26.1. The van der Waals surface area contributed by atoms with Gasteiger partial charge in [-0.3, -0.25) is 9.78 Å². The zero-order valence-corrected chi connectivity index (χ0v) is 15.4. The van der Waals surface area contributed by atoms with Crippen molar-refractivity contribution in [2.75, 3.05) is 30.4 Å². The molecule has 0 unspecified atom stereocenters. The molecule has 0 fully saturated rings. The van der Waals surface area contributed by atoms with Crippen LogP contribution < -0.4 is 9.80 Å². The Kier molecular flexibility index (Phi) is 4.07. The molecule has 0 spiro atoms. The van der Waals surface area contributed by atoms with Gasteiger partial charge >= 0.3 is 0 Å². The van der Waals surface area contributed by atoms with E-state index in [2.05, 4.69) is 9.97 Å². The van der Waals surface area contributed by atoms with Crippen LogP contribution in [0, 0.1) is 6.92 Å². The third-order valence-corrected chi connectivity index (χ3v) is 4.96. The van der Waals surface area contributed by atoms with Crippen LogP contribution in [-0.2, 0) is 6.42 Å². The van der Waals surface area contributed by atoms with E-state index in [1.807, 2.05) is 67.3 Å². The predicted molar refractivity (Wildman–Crippen MR) is 105 cm³/mol. The van der Waals surface area contributed by atoms with E-state index in [9.17, 15) is 4.79 Å². The minimum atomic E-state index is 0.0206. The third-order valence-electron chi connectivity index (χ3n) is 4.96. The summed E-state index contributed by atoms with van der Waals surface area (Å²) in [5, 5.41) is 1.02. The fourth-order valence-corrected chi connectivity index (χ4v) is 3.62. The molecule has 0 aliphatic carbocycles. The number of anilines is 2. The highest BCUT2D eigenvalue weighted by Crippen LogP contribution is 2.35. The van der Waals surface area contributed by atoms with Crippen molar-refractivity contribution in [2.45, 2.75) is 19.8 Å². The number of carbonyl (C=O) groups is 1. The standard InChI is InChI=1S/C21H22N4O/c1-14-8-10-22-18-7-6-16(13-17(14)18)21(26)25-12-4-5-15-9-11-23-20(19(15)25)24(2)3/h6-11,13H,4-5,12H2,1-3H3. The van der Waals surface area contributed by atoms with Crippen molar-refractivity contribution in [2.24, 2.45) is 0 Å². The maximum absolute atomic E-state index is 13.4. The van der Waals surface area contributed by atoms with Crippen LogP contribution in [0.1, 0.15) is 27.9 Å². The lowest BCUT2D eigenvalue weighted by Gasteiger charge is -2.32. The highest BCUT2D eigenvalue weighted by Gasteiger charge is 2.27. The minimum absolute atomic E-state index is 0.0206. The van der Waals surface area contributed by atoms with Crippen LogP contribution in [0.5, 0.6) is 0 Å². The number of carbonyl (C=O) groups excluding carboxylic acids is 1. The fraction of sp³-hybridized carbons (Fsp3) is 0.286. The Balaban J connectivity index is 1.80. The van der Waals surface area contributed by atoms with Crippen LogP contribution in [-0.4, -0.2) is 36.5 Å². The Bertz CT molecular complexity index is 996. The number of pyridine rings is 2. The summed E-state index contributed by atoms with van der Waals surface area (Å²) in [6, 6.07) is 9.75. The second-order valence-corrected chi connectivity index (χ2v) is 6.96. The lowest BCUT2D eigenvalue weighted by Crippen LogP contribution is -2.37. The van der Waals surface area contributed by atoms with Gasteiger partial charge in [0.15, 0.2) is 5.82 Å². The molecule has 26 heavy (non-hydrogen) atoms. The Morgan fingerprint density at radius 3 is 2.73 bits per heavy atom. The molecule has 1 aromatic carbocycles. The van der Waals surface area contributed by atoms with E-state index >= 15 is 0 Å². The van der Waals surface area contributed by atoms with Crippen molar-refractivity contribution in [3.8, 4) is 0 Å². The number of benzene rings is 1. The quantitative estimate of drug-likeness (QED) is 0.711. The van der Waals surface area contributed by atoms with E-state index in [0.29, 0.717) is 12.1 Å². The van der Waals surface area contributed by atoms with Crippen LogP contribution >= 0.6 is 0 Å². The molecule has 5 heteroatoms. The molecule has 3 aromatic rings. The summed E-state index contributed by atoms with van der Waals surface area (Å²) >= 11 is 0. The largest absolute Gasteiger partial charge is 0.361 e. The average Bonchev–Trinajstić information content (AvgIpc) is 2.66. The SMILES string of the molecule is Cc1ccnc2ccc(C(=O)N3CCCc4ccnc(N(C)C)c43)cc12. The van der Waals surface area contributed by atoms with E-state index in [0.717, 1.165) is 40.8 Å². The summed E-state index contributed by atoms with van der Waals surface area (Å²) in [7, 11) is 3.93. The van der Waals surface area contributed by atoms with Gasteiger partial charge in [0.2, 0.25) is 0 Å². The number of nitrogens with zero attached hydrogens (tertiary/aromatic N) is 4. The highest BCUT2D eigenvalue weighted by atomic mass is 16.2. The van der Waals surface area contributed by atoms with Crippen molar-refractivity contribution in [1.29, 1.82) is 0 Å². The molecule has 0 saturated heterocycles. The Hall–Kier alpha value is -2.95. The highest BCUT2D eigenvalue weighted by molar-refractivity contribution is 6.10. The Morgan fingerprint density at radius 1 is 1.12 bits per heavy atom. The van der Waals surface area contributed by atoms with E-state index in [-0.39, 0.29) is 5.91 Å². The zero-order valence-electron chi connectivity index (χ0n) is 15.4. The molecular weight excluding hydrogens is 324 g/mol. The molecule has 132 valence electrons. The first kappa shape index (κ1) is 16.5. The van der Waals surface area contributed by atoms with Gasteiger partial charge < -0.3 is 9.80 Å². The van der Waals surface area contributed by atoms with Crippen molar-refractivity contribution in [3.63, 3.8) is 0 Å². The second-order valence-electron chi connectivity index (χ2n) is 6.96. The van der Waals surface area contributed by atoms with Crippen molar-refractivity contribution < 1.29 is 4.79 Å². The molecule has 2 aromatic heterocycles. The monoisotopic (exact) mass is 346 g/mol. The summed E-state index contributed by atoms with van der Waals surface area (Å²) in [6.07, 6.45) is 5.56. The maximum atomic E-state index is 13.4. The van der Waals surface area contributed by atoms with Gasteiger partial charge in [-0.15, -0.1) is 0 Å². The van der Waals surface area contributed by atoms with E-state index < -0.39 is 0 Å². The molecule has 1 aliphatic rings. The van der Waals surface area contributed by atoms with Crippen molar-refractivity contribution in [3.05, 3.63) is 59.4 Å². The summed E-state index contributed by atoms with van der Waals surface area (Å²) in [6.45, 7) is 2.75. The number of hydrogen-bond donors (Lipinski definition) is 0. The number of amides is 1. The van der Waals surface area contributed by atoms with Crippen molar-refractivity contribution >= 4 is 28.3 Å². The van der Waals surface area contributed by atoms with Gasteiger partial charge in [-0.25, -0.2) is 4.98 Å². The number of hydrogen-bond acceptors (Lipinski definition) is 4. The van der Waals surface area contributed by atoms with Gasteiger partial charge in [-0.2, -0.15) is 0 Å². The van der Waals surface area contributed by atoms with Gasteiger partial charge in [0.25, 0.3) is 5.91 Å². The fourth-order valence-electron chi connectivity index (χ4n) is 3.62. The van der Waals surface area contributed by atoms with Crippen LogP contribution in [0.3, 0.4) is 0 Å². The van der Waals surface area contributed by atoms with E-state index in [1.165, 1.54) is 5.56 Å². The predicted octanol–water partition coefficient (Wildman–Crippen LogP) is 3.60. The minimum Gasteiger partial charge on any atom is -0.361 e. The van der Waals surface area contributed by atoms with E-state index in [1.54, 1.807) is 6.20 Å². The lowest BCUT2D eigenvalue weighted by molar-refractivity contribution is 0.0985. The van der Waals surface area contributed by atoms with Crippen LogP contribution in [0.15, 0.2) is 42.7 Å². The van der Waals surface area contributed by atoms with E-state index in [4.69, 9.17) is 0 Å². The Morgan fingerprint density at radius 2 is 1.92 bits per heavy atom. The first-order chi connectivity index (χ1) is 12.6. The molecule has 5 nitrogen and oxygen atoms in total. The second kappa shape index (κ2) is 6.41. The zero-order chi connectivity index (χ0) is 18.3. The van der Waals surface area contributed by atoms with Gasteiger partial charge in [0, 0.05) is 44.0 Å². The molecule has 0 N–H and O–H groups in total. The first-order valence-electron chi connectivity index (χ1n) is 8.88. The molecule has 0 atom stereocenters. The molecule has 0 saturated carbocycles. The van der Waals surface area contributed by atoms with Crippen LogP contribution in [0.25, 0.3) is 10.9 Å². The lowest BCUT2D eigenvalue weighted by atomic mass is 10.0. The maximum Gasteiger partial charge on any atom is 0.258 e. The topological polar surface area (TPSA) is 49.3 Å². The molecule has 1 aliphatic heterocycles. The summed E-state index contributed by atoms with van der Waals surface area (Å²) in [5.41, 5.74) is 4.85. The molecule has 1 amide bonds. The summed E-state index contributed by atoms with van der Waals surface area (Å²) < 4.78 is 0. The molecular formula is C21H22N4O. The molecule has 0 radical (unpaired) electrons. The number of aromatic nitrogens is 2. The van der Waals surface area contributed by atoms with Gasteiger partial charge in [-0.1, -0.05) is 0 Å². The van der Waals surface area contributed by atoms with Gasteiger partial charge in [0.05, 0.1) is 11.2 Å². The molecule has 3 heterocycles. The normalized spacial score (nSPS) is 13.6. The smallest absolute Gasteiger partial charge is 0.258 e. The van der Waals surface area contributed by atoms with Gasteiger partial charge in [-0.05, 0) is 61.2 Å². The first-order valence-corrected chi connectivity index (χ1v) is 8.88. The van der Waals surface area contributed by atoms with Crippen LogP contribution in [0.2, 0.25) is 0 Å². The average molecular weight is 346 g/mol. The van der Waals surface area contributed by atoms with Crippen LogP contribution in [0.4, 0.5) is 11.5 Å². The third kappa shape index (κ3) is 2.69. The molecule has 0 bridgehead atoms. The molecule has 4 rings (SSSR count).